The van der Waals surface area contributed by atoms with Crippen LogP contribution in [-0.4, -0.2) is 23.6 Å². The lowest BCUT2D eigenvalue weighted by Crippen LogP contribution is -2.08. The normalized spacial score (nSPS) is 11.7. The van der Waals surface area contributed by atoms with Gasteiger partial charge in [0.15, 0.2) is 0 Å². The molecule has 0 saturated heterocycles. The fourth-order valence-electron chi connectivity index (χ4n) is 3.49. The van der Waals surface area contributed by atoms with E-state index in [4.69, 9.17) is 0 Å². The molecule has 0 atom stereocenters. The summed E-state index contributed by atoms with van der Waals surface area (Å²) in [5, 5.41) is 4.17. The third-order valence-electron chi connectivity index (χ3n) is 5.08. The van der Waals surface area contributed by atoms with Gasteiger partial charge >= 0.3 is 6.18 Å². The molecule has 1 N–H and O–H groups in total. The van der Waals surface area contributed by atoms with Crippen molar-refractivity contribution in [1.82, 2.24) is 9.55 Å². The van der Waals surface area contributed by atoms with Gasteiger partial charge in [-0.2, -0.15) is 13.2 Å². The van der Waals surface area contributed by atoms with E-state index >= 15 is 0 Å². The van der Waals surface area contributed by atoms with Crippen molar-refractivity contribution in [3.8, 4) is 11.3 Å². The van der Waals surface area contributed by atoms with Crippen LogP contribution in [0.25, 0.3) is 22.2 Å². The summed E-state index contributed by atoms with van der Waals surface area (Å²) in [7, 11) is 5.78. The molecule has 30 heavy (non-hydrogen) atoms. The monoisotopic (exact) mass is 410 g/mol. The van der Waals surface area contributed by atoms with Crippen LogP contribution >= 0.6 is 0 Å². The Kier molecular flexibility index (Phi) is 4.89. The SMILES string of the molecule is CN(C)c1cccc(Nc2nccc3c2cc(-c2cccc(C(F)(F)F)c2)n3C)c1. The minimum Gasteiger partial charge on any atom is -0.378 e. The molecule has 0 spiro atoms. The molecule has 0 aliphatic carbocycles. The van der Waals surface area contributed by atoms with Crippen molar-refractivity contribution in [2.45, 2.75) is 6.18 Å². The average molecular weight is 410 g/mol. The van der Waals surface area contributed by atoms with Gasteiger partial charge in [0.25, 0.3) is 0 Å². The maximum Gasteiger partial charge on any atom is 0.416 e. The first-order chi connectivity index (χ1) is 14.2. The van der Waals surface area contributed by atoms with Gasteiger partial charge in [0.05, 0.1) is 11.1 Å². The van der Waals surface area contributed by atoms with Crippen molar-refractivity contribution in [3.05, 3.63) is 72.4 Å². The molecule has 0 amide bonds. The van der Waals surface area contributed by atoms with Gasteiger partial charge in [0.1, 0.15) is 5.82 Å². The minimum absolute atomic E-state index is 0.504. The number of pyridine rings is 1. The number of benzene rings is 2. The van der Waals surface area contributed by atoms with Crippen LogP contribution in [0.2, 0.25) is 0 Å². The van der Waals surface area contributed by atoms with Crippen molar-refractivity contribution in [2.24, 2.45) is 7.05 Å². The largest absolute Gasteiger partial charge is 0.416 e. The summed E-state index contributed by atoms with van der Waals surface area (Å²) in [6.45, 7) is 0. The topological polar surface area (TPSA) is 33.1 Å². The van der Waals surface area contributed by atoms with E-state index < -0.39 is 11.7 Å². The molecule has 0 saturated carbocycles. The number of nitrogens with one attached hydrogen (secondary N) is 1. The van der Waals surface area contributed by atoms with Crippen LogP contribution in [-0.2, 0) is 13.2 Å². The second-order valence-electron chi connectivity index (χ2n) is 7.33. The summed E-state index contributed by atoms with van der Waals surface area (Å²) in [5.74, 6) is 0.650. The molecule has 0 aliphatic rings. The number of fused-ring (bicyclic) bond motifs is 1. The number of aromatic nitrogens is 2. The molecule has 0 unspecified atom stereocenters. The van der Waals surface area contributed by atoms with E-state index in [-0.39, 0.29) is 0 Å². The Morgan fingerprint density at radius 3 is 2.47 bits per heavy atom. The van der Waals surface area contributed by atoms with Gasteiger partial charge in [-0.25, -0.2) is 4.98 Å². The fraction of sp³-hybridized carbons (Fsp3) is 0.174. The number of rotatable bonds is 4. The highest BCUT2D eigenvalue weighted by Crippen LogP contribution is 2.35. The highest BCUT2D eigenvalue weighted by molar-refractivity contribution is 5.96. The maximum absolute atomic E-state index is 13.2. The van der Waals surface area contributed by atoms with E-state index in [1.807, 2.05) is 67.0 Å². The van der Waals surface area contributed by atoms with Gasteiger partial charge in [-0.15, -0.1) is 0 Å². The molecular formula is C23H21F3N4. The Labute approximate surface area is 172 Å². The van der Waals surface area contributed by atoms with E-state index in [1.165, 1.54) is 12.1 Å². The maximum atomic E-state index is 13.2. The lowest BCUT2D eigenvalue weighted by molar-refractivity contribution is -0.137. The molecule has 0 aliphatic heterocycles. The summed E-state index contributed by atoms with van der Waals surface area (Å²) in [4.78, 5) is 6.47. The average Bonchev–Trinajstić information content (AvgIpc) is 3.05. The lowest BCUT2D eigenvalue weighted by Gasteiger charge is -2.14. The molecule has 0 fully saturated rings. The van der Waals surface area contributed by atoms with Crippen molar-refractivity contribution < 1.29 is 13.2 Å². The number of hydrogen-bond donors (Lipinski definition) is 1. The molecule has 4 aromatic rings. The zero-order valence-electron chi connectivity index (χ0n) is 16.8. The number of halogens is 3. The van der Waals surface area contributed by atoms with Gasteiger partial charge in [-0.1, -0.05) is 18.2 Å². The van der Waals surface area contributed by atoms with Crippen LogP contribution in [0.3, 0.4) is 0 Å². The Bertz CT molecular complexity index is 1210. The molecule has 2 heterocycles. The quantitative estimate of drug-likeness (QED) is 0.443. The summed E-state index contributed by atoms with van der Waals surface area (Å²) < 4.78 is 41.3. The molecule has 0 bridgehead atoms. The predicted octanol–water partition coefficient (Wildman–Crippen LogP) is 6.07. The molecule has 4 rings (SSSR count). The van der Waals surface area contributed by atoms with Crippen molar-refractivity contribution in [2.75, 3.05) is 24.3 Å². The highest BCUT2D eigenvalue weighted by atomic mass is 19.4. The van der Waals surface area contributed by atoms with Gasteiger partial charge < -0.3 is 14.8 Å². The first kappa shape index (κ1) is 19.8. The number of nitrogens with zero attached hydrogens (tertiary/aromatic N) is 3. The number of aryl methyl sites for hydroxylation is 1. The highest BCUT2D eigenvalue weighted by Gasteiger charge is 2.30. The van der Waals surface area contributed by atoms with Crippen molar-refractivity contribution >= 4 is 28.1 Å². The summed E-state index contributed by atoms with van der Waals surface area (Å²) >= 11 is 0. The molecule has 4 nitrogen and oxygen atoms in total. The minimum atomic E-state index is -4.38. The standard InChI is InChI=1S/C23H21F3N4/c1-29(2)18-9-5-8-17(13-18)28-22-19-14-21(30(3)20(19)10-11-27-22)15-6-4-7-16(12-15)23(24,25)26/h4-14H,1-3H3,(H,27,28). The molecular weight excluding hydrogens is 389 g/mol. The Morgan fingerprint density at radius 1 is 0.967 bits per heavy atom. The molecule has 0 radical (unpaired) electrons. The third-order valence-corrected chi connectivity index (χ3v) is 5.08. The Balaban J connectivity index is 1.78. The third kappa shape index (κ3) is 3.70. The molecule has 2 aromatic heterocycles. The Morgan fingerprint density at radius 2 is 1.73 bits per heavy atom. The van der Waals surface area contributed by atoms with Crippen LogP contribution in [0.5, 0.6) is 0 Å². The molecule has 7 heteroatoms. The first-order valence-corrected chi connectivity index (χ1v) is 9.40. The van der Waals surface area contributed by atoms with Crippen LogP contribution < -0.4 is 10.2 Å². The smallest absolute Gasteiger partial charge is 0.378 e. The van der Waals surface area contributed by atoms with E-state index in [9.17, 15) is 13.2 Å². The second-order valence-corrected chi connectivity index (χ2v) is 7.33. The van der Waals surface area contributed by atoms with Gasteiger partial charge in [-0.3, -0.25) is 0 Å². The van der Waals surface area contributed by atoms with Crippen LogP contribution in [0.1, 0.15) is 5.56 Å². The van der Waals surface area contributed by atoms with E-state index in [0.717, 1.165) is 28.3 Å². The van der Waals surface area contributed by atoms with E-state index in [1.54, 1.807) is 12.3 Å². The Hall–Kier alpha value is -3.48. The van der Waals surface area contributed by atoms with Gasteiger partial charge in [0, 0.05) is 49.8 Å². The van der Waals surface area contributed by atoms with Crippen LogP contribution in [0, 0.1) is 0 Å². The lowest BCUT2D eigenvalue weighted by atomic mass is 10.1. The van der Waals surface area contributed by atoms with E-state index in [0.29, 0.717) is 17.1 Å². The van der Waals surface area contributed by atoms with Crippen molar-refractivity contribution in [3.63, 3.8) is 0 Å². The first-order valence-electron chi connectivity index (χ1n) is 9.40. The summed E-state index contributed by atoms with van der Waals surface area (Å²) in [5.41, 5.74) is 3.33. The van der Waals surface area contributed by atoms with Crippen LogP contribution in [0.4, 0.5) is 30.4 Å². The number of hydrogen-bond acceptors (Lipinski definition) is 3. The summed E-state index contributed by atoms with van der Waals surface area (Å²) in [6.07, 6.45) is -2.69. The zero-order chi connectivity index (χ0) is 21.5. The predicted molar refractivity (Wildman–Crippen MR) is 115 cm³/mol. The van der Waals surface area contributed by atoms with Crippen LogP contribution in [0.15, 0.2) is 66.9 Å². The molecule has 2 aromatic carbocycles. The number of anilines is 3. The zero-order valence-corrected chi connectivity index (χ0v) is 16.8. The second kappa shape index (κ2) is 7.40. The number of alkyl halides is 3. The summed E-state index contributed by atoms with van der Waals surface area (Å²) in [6, 6.07) is 17.0. The van der Waals surface area contributed by atoms with Gasteiger partial charge in [0.2, 0.25) is 0 Å². The van der Waals surface area contributed by atoms with E-state index in [2.05, 4.69) is 10.3 Å². The molecule has 154 valence electrons. The van der Waals surface area contributed by atoms with Gasteiger partial charge in [-0.05, 0) is 48.0 Å². The van der Waals surface area contributed by atoms with Crippen molar-refractivity contribution in [1.29, 1.82) is 0 Å². The fourth-order valence-corrected chi connectivity index (χ4v) is 3.49.